The smallest absolute Gasteiger partial charge is 0.152 e. The summed E-state index contributed by atoms with van der Waals surface area (Å²) < 4.78 is 5.21. The summed E-state index contributed by atoms with van der Waals surface area (Å²) in [5.74, 6) is 2.22. The lowest BCUT2D eigenvalue weighted by atomic mass is 10.2. The van der Waals surface area contributed by atoms with E-state index >= 15 is 0 Å². The molecule has 0 aliphatic rings. The van der Waals surface area contributed by atoms with Crippen molar-refractivity contribution >= 4 is 17.4 Å². The highest BCUT2D eigenvalue weighted by Crippen LogP contribution is 2.18. The van der Waals surface area contributed by atoms with Gasteiger partial charge < -0.3 is 4.74 Å². The molecule has 136 valence electrons. The van der Waals surface area contributed by atoms with Crippen LogP contribution in [0.1, 0.15) is 11.1 Å². The fraction of sp³-hybridized carbons (Fsp3) is 0.0909. The van der Waals surface area contributed by atoms with Gasteiger partial charge in [0.1, 0.15) is 11.6 Å². The molecule has 0 heterocycles. The van der Waals surface area contributed by atoms with E-state index in [0.29, 0.717) is 5.84 Å². The second-order valence-electron chi connectivity index (χ2n) is 5.71. The first-order chi connectivity index (χ1) is 13.3. The fourth-order valence-electron chi connectivity index (χ4n) is 2.52. The number of hydrogen-bond acceptors (Lipinski definition) is 3. The van der Waals surface area contributed by atoms with Crippen molar-refractivity contribution in [1.82, 2.24) is 10.9 Å². The zero-order valence-electron chi connectivity index (χ0n) is 15.4. The Labute approximate surface area is 159 Å². The van der Waals surface area contributed by atoms with Gasteiger partial charge in [-0.1, -0.05) is 60.7 Å². The third-order valence-corrected chi connectivity index (χ3v) is 3.93. The molecule has 0 fully saturated rings. The maximum atomic E-state index is 5.21. The summed E-state index contributed by atoms with van der Waals surface area (Å²) in [6.45, 7) is 0. The molecule has 0 saturated heterocycles. The number of rotatable bonds is 4. The SMILES string of the molecule is CN=C(NNC(=Nc1ccc(OC)cc1)c1ccccc1)c1ccccc1. The molecule has 3 rings (SSSR count). The monoisotopic (exact) mass is 358 g/mol. The number of ether oxygens (including phenoxy) is 1. The van der Waals surface area contributed by atoms with Crippen molar-refractivity contribution in [2.75, 3.05) is 14.2 Å². The van der Waals surface area contributed by atoms with Crippen molar-refractivity contribution < 1.29 is 4.74 Å². The van der Waals surface area contributed by atoms with Crippen LogP contribution in [0.15, 0.2) is 94.9 Å². The highest BCUT2D eigenvalue weighted by atomic mass is 16.5. The van der Waals surface area contributed by atoms with Gasteiger partial charge in [0.15, 0.2) is 5.84 Å². The van der Waals surface area contributed by atoms with Crippen LogP contribution in [-0.2, 0) is 0 Å². The van der Waals surface area contributed by atoms with E-state index in [1.54, 1.807) is 14.2 Å². The quantitative estimate of drug-likeness (QED) is 0.422. The van der Waals surface area contributed by atoms with Crippen LogP contribution in [0.3, 0.4) is 0 Å². The van der Waals surface area contributed by atoms with Crippen LogP contribution in [0.2, 0.25) is 0 Å². The van der Waals surface area contributed by atoms with E-state index in [1.807, 2.05) is 84.9 Å². The predicted molar refractivity (Wildman–Crippen MR) is 111 cm³/mol. The Kier molecular flexibility index (Phi) is 6.20. The van der Waals surface area contributed by atoms with E-state index in [2.05, 4.69) is 15.8 Å². The van der Waals surface area contributed by atoms with Gasteiger partial charge >= 0.3 is 0 Å². The van der Waals surface area contributed by atoms with Crippen LogP contribution >= 0.6 is 0 Å². The Hall–Kier alpha value is -3.60. The van der Waals surface area contributed by atoms with Crippen LogP contribution in [0, 0.1) is 0 Å². The molecule has 0 aromatic heterocycles. The van der Waals surface area contributed by atoms with Crippen LogP contribution in [0.4, 0.5) is 5.69 Å². The Morgan fingerprint density at radius 2 is 1.22 bits per heavy atom. The average molecular weight is 358 g/mol. The summed E-state index contributed by atoms with van der Waals surface area (Å²) >= 11 is 0. The van der Waals surface area contributed by atoms with Gasteiger partial charge in [0.25, 0.3) is 0 Å². The summed E-state index contributed by atoms with van der Waals surface area (Å²) in [5.41, 5.74) is 9.14. The fourth-order valence-corrected chi connectivity index (χ4v) is 2.52. The van der Waals surface area contributed by atoms with E-state index in [0.717, 1.165) is 28.4 Å². The third-order valence-electron chi connectivity index (χ3n) is 3.93. The summed E-state index contributed by atoms with van der Waals surface area (Å²) in [4.78, 5) is 9.06. The van der Waals surface area contributed by atoms with E-state index in [-0.39, 0.29) is 0 Å². The molecule has 0 bridgehead atoms. The molecule has 5 nitrogen and oxygen atoms in total. The van der Waals surface area contributed by atoms with Gasteiger partial charge in [-0.3, -0.25) is 15.8 Å². The van der Waals surface area contributed by atoms with Gasteiger partial charge in [-0.25, -0.2) is 4.99 Å². The van der Waals surface area contributed by atoms with E-state index < -0.39 is 0 Å². The van der Waals surface area contributed by atoms with Crippen molar-refractivity contribution in [3.63, 3.8) is 0 Å². The first-order valence-electron chi connectivity index (χ1n) is 8.62. The minimum absolute atomic E-state index is 0.692. The molecule has 0 unspecified atom stereocenters. The van der Waals surface area contributed by atoms with Crippen molar-refractivity contribution in [3.05, 3.63) is 96.1 Å². The van der Waals surface area contributed by atoms with Crippen molar-refractivity contribution in [2.24, 2.45) is 9.98 Å². The first kappa shape index (κ1) is 18.2. The van der Waals surface area contributed by atoms with Crippen LogP contribution in [0.5, 0.6) is 5.75 Å². The molecule has 0 atom stereocenters. The Balaban J connectivity index is 1.85. The molecule has 3 aromatic carbocycles. The van der Waals surface area contributed by atoms with Crippen LogP contribution in [-0.4, -0.2) is 25.8 Å². The topological polar surface area (TPSA) is 58.0 Å². The molecule has 0 radical (unpaired) electrons. The maximum Gasteiger partial charge on any atom is 0.152 e. The number of benzene rings is 3. The Bertz CT molecular complexity index is 904. The second-order valence-corrected chi connectivity index (χ2v) is 5.71. The molecule has 27 heavy (non-hydrogen) atoms. The van der Waals surface area contributed by atoms with E-state index in [9.17, 15) is 0 Å². The van der Waals surface area contributed by atoms with Gasteiger partial charge in [0.05, 0.1) is 12.8 Å². The van der Waals surface area contributed by atoms with Crippen LogP contribution < -0.4 is 15.6 Å². The number of nitrogens with zero attached hydrogens (tertiary/aromatic N) is 2. The van der Waals surface area contributed by atoms with Crippen LogP contribution in [0.25, 0.3) is 0 Å². The van der Waals surface area contributed by atoms with E-state index in [1.165, 1.54) is 0 Å². The molecule has 0 amide bonds. The van der Waals surface area contributed by atoms with Gasteiger partial charge in [-0.05, 0) is 24.3 Å². The van der Waals surface area contributed by atoms with Gasteiger partial charge in [-0.2, -0.15) is 0 Å². The first-order valence-corrected chi connectivity index (χ1v) is 8.62. The molecule has 0 aliphatic heterocycles. The number of hydrogen-bond donors (Lipinski definition) is 2. The number of amidine groups is 2. The molecule has 2 N–H and O–H groups in total. The largest absolute Gasteiger partial charge is 0.497 e. The van der Waals surface area contributed by atoms with Gasteiger partial charge in [0, 0.05) is 18.2 Å². The molecule has 3 aromatic rings. The number of aliphatic imine (C=N–C) groups is 2. The summed E-state index contributed by atoms with van der Waals surface area (Å²) in [6, 6.07) is 27.5. The third kappa shape index (κ3) is 4.95. The molecular weight excluding hydrogens is 336 g/mol. The van der Waals surface area contributed by atoms with E-state index in [4.69, 9.17) is 9.73 Å². The highest BCUT2D eigenvalue weighted by molar-refractivity contribution is 6.04. The lowest BCUT2D eigenvalue weighted by molar-refractivity contribution is 0.415. The second kappa shape index (κ2) is 9.20. The number of nitrogens with one attached hydrogen (secondary N) is 2. The molecule has 0 saturated carbocycles. The zero-order chi connectivity index (χ0) is 18.9. The standard InChI is InChI=1S/C22H22N4O/c1-23-21(17-9-5-3-6-10-17)25-26-22(18-11-7-4-8-12-18)24-19-13-15-20(27-2)16-14-19/h3-16H,1-2H3,(H,23,25)(H,24,26). The average Bonchev–Trinajstić information content (AvgIpc) is 2.75. The highest BCUT2D eigenvalue weighted by Gasteiger charge is 2.06. The summed E-state index contributed by atoms with van der Waals surface area (Å²) in [5, 5.41) is 0. The molecule has 5 heteroatoms. The van der Waals surface area contributed by atoms with Crippen molar-refractivity contribution in [3.8, 4) is 5.75 Å². The normalized spacial score (nSPS) is 11.8. The predicted octanol–water partition coefficient (Wildman–Crippen LogP) is 3.94. The number of methoxy groups -OCH3 is 1. The van der Waals surface area contributed by atoms with Crippen molar-refractivity contribution in [1.29, 1.82) is 0 Å². The minimum atomic E-state index is 0.692. The molecule has 0 spiro atoms. The lowest BCUT2D eigenvalue weighted by Gasteiger charge is -2.14. The zero-order valence-corrected chi connectivity index (χ0v) is 15.4. The Morgan fingerprint density at radius 3 is 1.74 bits per heavy atom. The van der Waals surface area contributed by atoms with Crippen molar-refractivity contribution in [2.45, 2.75) is 0 Å². The summed E-state index contributed by atoms with van der Waals surface area (Å²) in [6.07, 6.45) is 0. The number of hydrazine groups is 1. The lowest BCUT2D eigenvalue weighted by Crippen LogP contribution is -2.42. The summed E-state index contributed by atoms with van der Waals surface area (Å²) in [7, 11) is 3.40. The van der Waals surface area contributed by atoms with Gasteiger partial charge in [-0.15, -0.1) is 0 Å². The molecule has 0 aliphatic carbocycles. The Morgan fingerprint density at radius 1 is 0.704 bits per heavy atom. The minimum Gasteiger partial charge on any atom is -0.497 e. The van der Waals surface area contributed by atoms with Gasteiger partial charge in [0.2, 0.25) is 0 Å². The molecular formula is C22H22N4O. The maximum absolute atomic E-state index is 5.21.